The Hall–Kier alpha value is -2.00. The zero-order chi connectivity index (χ0) is 20.6. The van der Waals surface area contributed by atoms with Crippen molar-refractivity contribution in [2.24, 2.45) is 5.92 Å². The van der Waals surface area contributed by atoms with Gasteiger partial charge in [-0.05, 0) is 30.7 Å². The van der Waals surface area contributed by atoms with Gasteiger partial charge in [0.15, 0.2) is 0 Å². The summed E-state index contributed by atoms with van der Waals surface area (Å²) in [7, 11) is 0. The molecule has 2 amide bonds. The molecule has 1 atom stereocenters. The predicted octanol–water partition coefficient (Wildman–Crippen LogP) is 1.17. The number of nitrogens with zero attached hydrogens (tertiary/aromatic N) is 2. The van der Waals surface area contributed by atoms with Crippen LogP contribution in [-0.4, -0.2) is 87.3 Å². The second-order valence-electron chi connectivity index (χ2n) is 7.77. The summed E-state index contributed by atoms with van der Waals surface area (Å²) in [6.07, 6.45) is 0. The van der Waals surface area contributed by atoms with E-state index in [0.717, 1.165) is 62.9 Å². The molecule has 0 radical (unpaired) electrons. The van der Waals surface area contributed by atoms with Gasteiger partial charge in [0.2, 0.25) is 11.8 Å². The molecule has 1 aromatic rings. The molecule has 8 nitrogen and oxygen atoms in total. The Balaban J connectivity index is 1.49. The molecule has 0 bridgehead atoms. The van der Waals surface area contributed by atoms with E-state index in [1.807, 2.05) is 32.0 Å². The first kappa shape index (κ1) is 21.7. The minimum Gasteiger partial charge on any atom is -0.379 e. The van der Waals surface area contributed by atoms with Crippen LogP contribution in [0.15, 0.2) is 18.2 Å². The Morgan fingerprint density at radius 3 is 2.24 bits per heavy atom. The van der Waals surface area contributed by atoms with Crippen molar-refractivity contribution in [3.63, 3.8) is 0 Å². The number of rotatable bonds is 7. The van der Waals surface area contributed by atoms with Gasteiger partial charge in [-0.15, -0.1) is 0 Å². The van der Waals surface area contributed by atoms with Gasteiger partial charge in [0.25, 0.3) is 0 Å². The Morgan fingerprint density at radius 2 is 1.62 bits per heavy atom. The van der Waals surface area contributed by atoms with Gasteiger partial charge < -0.3 is 20.1 Å². The van der Waals surface area contributed by atoms with Crippen LogP contribution in [0, 0.1) is 12.8 Å². The Bertz CT molecular complexity index is 700. The molecule has 2 aliphatic rings. The molecule has 2 saturated heterocycles. The third-order valence-corrected chi connectivity index (χ3v) is 5.32. The molecule has 0 aliphatic carbocycles. The highest BCUT2D eigenvalue weighted by atomic mass is 16.5. The first-order valence-corrected chi connectivity index (χ1v) is 10.3. The van der Waals surface area contributed by atoms with E-state index < -0.39 is 0 Å². The molecule has 3 rings (SSSR count). The van der Waals surface area contributed by atoms with E-state index in [1.165, 1.54) is 0 Å². The lowest BCUT2D eigenvalue weighted by Crippen LogP contribution is -2.41. The lowest BCUT2D eigenvalue weighted by atomic mass is 10.1. The standard InChI is InChI=1S/C21H32N4O4/c1-16-13-18(22-21(27)17(2)14-24-5-9-28-10-6-24)3-4-19(16)23-20(26)15-25-7-11-29-12-8-25/h3-4,13,17H,5-12,14-15H2,1-2H3,(H,22,27)(H,23,26)/t17-/m0/s1. The van der Waals surface area contributed by atoms with E-state index in [-0.39, 0.29) is 17.7 Å². The fourth-order valence-corrected chi connectivity index (χ4v) is 3.55. The van der Waals surface area contributed by atoms with Crippen LogP contribution in [0.1, 0.15) is 12.5 Å². The lowest BCUT2D eigenvalue weighted by Gasteiger charge is -2.28. The number of anilines is 2. The van der Waals surface area contributed by atoms with Crippen LogP contribution in [0.4, 0.5) is 11.4 Å². The van der Waals surface area contributed by atoms with Gasteiger partial charge in [-0.25, -0.2) is 0 Å². The Kier molecular flexibility index (Phi) is 8.00. The van der Waals surface area contributed by atoms with Gasteiger partial charge in [-0.3, -0.25) is 19.4 Å². The molecule has 0 aromatic heterocycles. The van der Waals surface area contributed by atoms with Crippen LogP contribution in [-0.2, 0) is 19.1 Å². The van der Waals surface area contributed by atoms with Crippen molar-refractivity contribution in [1.82, 2.24) is 9.80 Å². The SMILES string of the molecule is Cc1cc(NC(=O)[C@@H](C)CN2CCOCC2)ccc1NC(=O)CN1CCOCC1. The molecule has 0 saturated carbocycles. The molecular formula is C21H32N4O4. The first-order chi connectivity index (χ1) is 14.0. The Labute approximate surface area is 172 Å². The summed E-state index contributed by atoms with van der Waals surface area (Å²) in [5.41, 5.74) is 2.43. The van der Waals surface area contributed by atoms with Crippen LogP contribution in [0.2, 0.25) is 0 Å². The first-order valence-electron chi connectivity index (χ1n) is 10.3. The highest BCUT2D eigenvalue weighted by Crippen LogP contribution is 2.20. The third kappa shape index (κ3) is 6.78. The monoisotopic (exact) mass is 404 g/mol. The molecule has 29 heavy (non-hydrogen) atoms. The number of amides is 2. The third-order valence-electron chi connectivity index (χ3n) is 5.32. The summed E-state index contributed by atoms with van der Waals surface area (Å²) in [6.45, 7) is 11.1. The summed E-state index contributed by atoms with van der Waals surface area (Å²) < 4.78 is 10.7. The van der Waals surface area contributed by atoms with Crippen molar-refractivity contribution < 1.29 is 19.1 Å². The van der Waals surface area contributed by atoms with Crippen LogP contribution in [0.25, 0.3) is 0 Å². The van der Waals surface area contributed by atoms with E-state index in [9.17, 15) is 9.59 Å². The highest BCUT2D eigenvalue weighted by molar-refractivity contribution is 5.95. The number of nitrogens with one attached hydrogen (secondary N) is 2. The number of aryl methyl sites for hydroxylation is 1. The minimum atomic E-state index is -0.110. The van der Waals surface area contributed by atoms with Crippen LogP contribution < -0.4 is 10.6 Å². The highest BCUT2D eigenvalue weighted by Gasteiger charge is 2.19. The van der Waals surface area contributed by atoms with Gasteiger partial charge in [-0.2, -0.15) is 0 Å². The summed E-state index contributed by atoms with van der Waals surface area (Å²) in [5, 5.41) is 5.95. The van der Waals surface area contributed by atoms with E-state index >= 15 is 0 Å². The predicted molar refractivity (Wildman–Crippen MR) is 112 cm³/mol. The quantitative estimate of drug-likeness (QED) is 0.710. The fraction of sp³-hybridized carbons (Fsp3) is 0.619. The fourth-order valence-electron chi connectivity index (χ4n) is 3.55. The lowest BCUT2D eigenvalue weighted by molar-refractivity contribution is -0.120. The normalized spacial score (nSPS) is 19.5. The number of carbonyl (C=O) groups excluding carboxylic acids is 2. The number of carbonyl (C=O) groups is 2. The van der Waals surface area contributed by atoms with E-state index in [2.05, 4.69) is 20.4 Å². The van der Waals surface area contributed by atoms with Crippen LogP contribution in [0.3, 0.4) is 0 Å². The molecule has 8 heteroatoms. The number of hydrogen-bond donors (Lipinski definition) is 2. The largest absolute Gasteiger partial charge is 0.379 e. The average molecular weight is 405 g/mol. The smallest absolute Gasteiger partial charge is 0.238 e. The van der Waals surface area contributed by atoms with Gasteiger partial charge in [0, 0.05) is 50.0 Å². The molecule has 0 unspecified atom stereocenters. The van der Waals surface area contributed by atoms with Crippen molar-refractivity contribution in [3.8, 4) is 0 Å². The minimum absolute atomic E-state index is 0.00000479. The Morgan fingerprint density at radius 1 is 1.00 bits per heavy atom. The molecule has 2 N–H and O–H groups in total. The molecule has 0 spiro atoms. The van der Waals surface area contributed by atoms with Crippen molar-refractivity contribution in [2.45, 2.75) is 13.8 Å². The van der Waals surface area contributed by atoms with Crippen molar-refractivity contribution in [3.05, 3.63) is 23.8 Å². The van der Waals surface area contributed by atoms with E-state index in [4.69, 9.17) is 9.47 Å². The molecule has 1 aromatic carbocycles. The molecule has 2 heterocycles. The number of ether oxygens (including phenoxy) is 2. The number of benzene rings is 1. The summed E-state index contributed by atoms with van der Waals surface area (Å²) in [4.78, 5) is 29.2. The second kappa shape index (κ2) is 10.7. The number of hydrogen-bond acceptors (Lipinski definition) is 6. The van der Waals surface area contributed by atoms with Gasteiger partial charge >= 0.3 is 0 Å². The molecule has 2 aliphatic heterocycles. The van der Waals surface area contributed by atoms with Gasteiger partial charge in [0.05, 0.1) is 33.0 Å². The van der Waals surface area contributed by atoms with Crippen LogP contribution >= 0.6 is 0 Å². The zero-order valence-electron chi connectivity index (χ0n) is 17.4. The van der Waals surface area contributed by atoms with E-state index in [1.54, 1.807) is 0 Å². The van der Waals surface area contributed by atoms with E-state index in [0.29, 0.717) is 19.8 Å². The maximum atomic E-state index is 12.5. The maximum absolute atomic E-state index is 12.5. The summed E-state index contributed by atoms with van der Waals surface area (Å²) in [6, 6.07) is 5.56. The average Bonchev–Trinajstić information content (AvgIpc) is 2.71. The molecule has 160 valence electrons. The zero-order valence-corrected chi connectivity index (χ0v) is 17.4. The maximum Gasteiger partial charge on any atom is 0.238 e. The van der Waals surface area contributed by atoms with Crippen molar-refractivity contribution >= 4 is 23.2 Å². The summed E-state index contributed by atoms with van der Waals surface area (Å²) >= 11 is 0. The summed E-state index contributed by atoms with van der Waals surface area (Å²) in [5.74, 6) is -0.146. The number of morpholine rings is 2. The molecule has 2 fully saturated rings. The van der Waals surface area contributed by atoms with Gasteiger partial charge in [-0.1, -0.05) is 6.92 Å². The van der Waals surface area contributed by atoms with Crippen molar-refractivity contribution in [1.29, 1.82) is 0 Å². The van der Waals surface area contributed by atoms with Crippen LogP contribution in [0.5, 0.6) is 0 Å². The second-order valence-corrected chi connectivity index (χ2v) is 7.77. The molecular weight excluding hydrogens is 372 g/mol. The topological polar surface area (TPSA) is 83.1 Å². The van der Waals surface area contributed by atoms with Gasteiger partial charge in [0.1, 0.15) is 0 Å². The van der Waals surface area contributed by atoms with Crippen molar-refractivity contribution in [2.75, 3.05) is 76.3 Å².